The highest BCUT2D eigenvalue weighted by Gasteiger charge is 2.26. The lowest BCUT2D eigenvalue weighted by atomic mass is 10.2. The van der Waals surface area contributed by atoms with Gasteiger partial charge in [-0.05, 0) is 13.3 Å². The van der Waals surface area contributed by atoms with E-state index < -0.39 is 0 Å². The molecule has 0 aromatic rings. The van der Waals surface area contributed by atoms with Crippen LogP contribution in [0.15, 0.2) is 0 Å². The van der Waals surface area contributed by atoms with E-state index in [2.05, 4.69) is 19.2 Å². The SMILES string of the molecule is CC(=O)CSCC(=O)NC1CCSC1=O.CCC. The second-order valence-electron chi connectivity index (χ2n) is 3.98. The lowest BCUT2D eigenvalue weighted by Gasteiger charge is -2.09. The Balaban J connectivity index is 0.000000873. The Kier molecular flexibility index (Phi) is 10.2. The molecule has 1 fully saturated rings. The Morgan fingerprint density at radius 2 is 2.00 bits per heavy atom. The average molecular weight is 291 g/mol. The van der Waals surface area contributed by atoms with Crippen molar-refractivity contribution in [1.29, 1.82) is 0 Å². The first kappa shape index (κ1) is 17.5. The van der Waals surface area contributed by atoms with Crippen LogP contribution in [0.25, 0.3) is 0 Å². The van der Waals surface area contributed by atoms with Gasteiger partial charge in [-0.3, -0.25) is 14.4 Å². The minimum atomic E-state index is -0.319. The quantitative estimate of drug-likeness (QED) is 0.838. The van der Waals surface area contributed by atoms with Crippen LogP contribution in [0.5, 0.6) is 0 Å². The summed E-state index contributed by atoms with van der Waals surface area (Å²) in [5.74, 6) is 1.27. The second-order valence-corrected chi connectivity index (χ2v) is 6.06. The monoisotopic (exact) mass is 291 g/mol. The molecule has 0 spiro atoms. The summed E-state index contributed by atoms with van der Waals surface area (Å²) in [7, 11) is 0. The number of rotatable bonds is 5. The van der Waals surface area contributed by atoms with Crippen LogP contribution in [0.1, 0.15) is 33.6 Å². The van der Waals surface area contributed by atoms with Gasteiger partial charge >= 0.3 is 0 Å². The molecule has 18 heavy (non-hydrogen) atoms. The molecule has 1 unspecified atom stereocenters. The fourth-order valence-corrected chi connectivity index (χ4v) is 2.74. The minimum absolute atomic E-state index is 0.0416. The molecule has 0 aliphatic carbocycles. The van der Waals surface area contributed by atoms with Gasteiger partial charge in [0.05, 0.1) is 17.5 Å². The molecular weight excluding hydrogens is 270 g/mol. The summed E-state index contributed by atoms with van der Waals surface area (Å²) in [6.07, 6.45) is 1.96. The minimum Gasteiger partial charge on any atom is -0.345 e. The topological polar surface area (TPSA) is 63.2 Å². The number of thioether (sulfide) groups is 2. The molecule has 1 N–H and O–H groups in total. The number of hydrogen-bond donors (Lipinski definition) is 1. The molecule has 1 amide bonds. The van der Waals surface area contributed by atoms with Gasteiger partial charge in [-0.2, -0.15) is 0 Å². The molecule has 1 aliphatic heterocycles. The number of Topliss-reactive ketones (excluding diaryl/α,β-unsaturated/α-hetero) is 1. The maximum Gasteiger partial charge on any atom is 0.230 e. The zero-order valence-corrected chi connectivity index (χ0v) is 12.8. The van der Waals surface area contributed by atoms with Crippen LogP contribution in [0.4, 0.5) is 0 Å². The van der Waals surface area contributed by atoms with Gasteiger partial charge in [0, 0.05) is 5.75 Å². The molecule has 104 valence electrons. The summed E-state index contributed by atoms with van der Waals surface area (Å²) in [5, 5.41) is 2.70. The molecule has 4 nitrogen and oxygen atoms in total. The van der Waals surface area contributed by atoms with Gasteiger partial charge in [-0.1, -0.05) is 32.0 Å². The summed E-state index contributed by atoms with van der Waals surface area (Å²) in [5.41, 5.74) is 0. The van der Waals surface area contributed by atoms with Crippen molar-refractivity contribution in [2.24, 2.45) is 0 Å². The summed E-state index contributed by atoms with van der Waals surface area (Å²) in [6.45, 7) is 5.74. The van der Waals surface area contributed by atoms with Gasteiger partial charge in [0.2, 0.25) is 11.0 Å². The molecule has 1 rings (SSSR count). The highest BCUT2D eigenvalue weighted by atomic mass is 32.2. The van der Waals surface area contributed by atoms with Crippen LogP contribution < -0.4 is 5.32 Å². The van der Waals surface area contributed by atoms with Crippen LogP contribution >= 0.6 is 23.5 Å². The Morgan fingerprint density at radius 1 is 1.39 bits per heavy atom. The van der Waals surface area contributed by atoms with E-state index in [4.69, 9.17) is 0 Å². The molecule has 0 saturated carbocycles. The number of hydrogen-bond acceptors (Lipinski definition) is 5. The van der Waals surface area contributed by atoms with Crippen molar-refractivity contribution in [2.75, 3.05) is 17.3 Å². The van der Waals surface area contributed by atoms with E-state index in [1.54, 1.807) is 0 Å². The van der Waals surface area contributed by atoms with Crippen LogP contribution in [0.3, 0.4) is 0 Å². The van der Waals surface area contributed by atoms with Crippen LogP contribution in [0.2, 0.25) is 0 Å². The molecule has 0 radical (unpaired) electrons. The standard InChI is InChI=1S/C9H13NO3S2.C3H8/c1-6(11)4-14-5-8(12)10-7-2-3-15-9(7)13;1-3-2/h7H,2-5H2,1H3,(H,10,12);3H2,1-2H3. The Hall–Kier alpha value is -0.490. The highest BCUT2D eigenvalue weighted by molar-refractivity contribution is 8.14. The largest absolute Gasteiger partial charge is 0.345 e. The van der Waals surface area contributed by atoms with Crippen molar-refractivity contribution >= 4 is 40.3 Å². The van der Waals surface area contributed by atoms with E-state index in [0.717, 1.165) is 5.75 Å². The number of ketones is 1. The van der Waals surface area contributed by atoms with E-state index in [9.17, 15) is 14.4 Å². The molecule has 1 saturated heterocycles. The third-order valence-corrected chi connectivity index (χ3v) is 3.89. The van der Waals surface area contributed by atoms with E-state index in [0.29, 0.717) is 12.2 Å². The van der Waals surface area contributed by atoms with Gasteiger partial charge in [-0.25, -0.2) is 0 Å². The molecular formula is C12H21NO3S2. The molecule has 1 aliphatic rings. The lowest BCUT2D eigenvalue weighted by molar-refractivity contribution is -0.122. The van der Waals surface area contributed by atoms with Gasteiger partial charge in [0.25, 0.3) is 0 Å². The first-order chi connectivity index (χ1) is 8.51. The van der Waals surface area contributed by atoms with Crippen molar-refractivity contribution < 1.29 is 14.4 Å². The fourth-order valence-electron chi connectivity index (χ4n) is 1.15. The third kappa shape index (κ3) is 8.58. The zero-order chi connectivity index (χ0) is 14.0. The zero-order valence-electron chi connectivity index (χ0n) is 11.2. The number of carbonyl (C=O) groups excluding carboxylic acids is 3. The Morgan fingerprint density at radius 3 is 2.44 bits per heavy atom. The van der Waals surface area contributed by atoms with E-state index >= 15 is 0 Å². The van der Waals surface area contributed by atoms with Crippen LogP contribution in [0, 0.1) is 0 Å². The van der Waals surface area contributed by atoms with Crippen molar-refractivity contribution in [2.45, 2.75) is 39.7 Å². The van der Waals surface area contributed by atoms with Gasteiger partial charge < -0.3 is 5.32 Å². The van der Waals surface area contributed by atoms with Crippen molar-refractivity contribution in [3.8, 4) is 0 Å². The fraction of sp³-hybridized carbons (Fsp3) is 0.750. The molecule has 6 heteroatoms. The van der Waals surface area contributed by atoms with Gasteiger partial charge in [0.15, 0.2) is 0 Å². The predicted molar refractivity (Wildman–Crippen MR) is 78.0 cm³/mol. The molecule has 1 atom stereocenters. The van der Waals surface area contributed by atoms with Gasteiger partial charge in [0.1, 0.15) is 5.78 Å². The van der Waals surface area contributed by atoms with Gasteiger partial charge in [-0.15, -0.1) is 11.8 Å². The maximum absolute atomic E-state index is 11.3. The normalized spacial score (nSPS) is 17.9. The smallest absolute Gasteiger partial charge is 0.230 e. The van der Waals surface area contributed by atoms with Crippen molar-refractivity contribution in [3.05, 3.63) is 0 Å². The summed E-state index contributed by atoms with van der Waals surface area (Å²) in [4.78, 5) is 33.1. The molecule has 0 bridgehead atoms. The maximum atomic E-state index is 11.3. The number of carbonyl (C=O) groups is 3. The molecule has 0 aromatic heterocycles. The van der Waals surface area contributed by atoms with Crippen LogP contribution in [-0.2, 0) is 14.4 Å². The molecule has 1 heterocycles. The van der Waals surface area contributed by atoms with E-state index in [1.165, 1.54) is 36.9 Å². The van der Waals surface area contributed by atoms with Crippen LogP contribution in [-0.4, -0.2) is 40.1 Å². The third-order valence-electron chi connectivity index (χ3n) is 1.81. The highest BCUT2D eigenvalue weighted by Crippen LogP contribution is 2.19. The Labute approximate surface area is 117 Å². The number of nitrogens with one attached hydrogen (secondary N) is 1. The summed E-state index contributed by atoms with van der Waals surface area (Å²) >= 11 is 2.54. The van der Waals surface area contributed by atoms with Crippen molar-refractivity contribution in [3.63, 3.8) is 0 Å². The first-order valence-corrected chi connectivity index (χ1v) is 8.18. The van der Waals surface area contributed by atoms with Crippen molar-refractivity contribution in [1.82, 2.24) is 5.32 Å². The predicted octanol–water partition coefficient (Wildman–Crippen LogP) is 1.87. The lowest BCUT2D eigenvalue weighted by Crippen LogP contribution is -2.38. The summed E-state index contributed by atoms with van der Waals surface area (Å²) < 4.78 is 0. The summed E-state index contributed by atoms with van der Waals surface area (Å²) in [6, 6.07) is -0.319. The second kappa shape index (κ2) is 10.4. The first-order valence-electron chi connectivity index (χ1n) is 6.04. The average Bonchev–Trinajstić information content (AvgIpc) is 2.65. The van der Waals surface area contributed by atoms with E-state index in [-0.39, 0.29) is 28.6 Å². The van der Waals surface area contributed by atoms with E-state index in [1.807, 2.05) is 0 Å². The number of amides is 1. The molecule has 0 aromatic carbocycles. The Bertz CT molecular complexity index is 295.